The minimum Gasteiger partial charge on any atom is -0.409 e. The predicted molar refractivity (Wildman–Crippen MR) is 111 cm³/mol. The lowest BCUT2D eigenvalue weighted by molar-refractivity contribution is -0.137. The van der Waals surface area contributed by atoms with E-state index in [1.807, 2.05) is 18.2 Å². The molecule has 4 rings (SSSR count). The molecule has 1 aliphatic heterocycles. The number of hydrogen-bond donors (Lipinski definition) is 2. The first-order valence-corrected chi connectivity index (χ1v) is 10.8. The SMILES string of the molecule is N/C(=N\O)c1ccc(S(=O)N2CCc3cc(-c4ccc(C(F)(F)F)cc4)ccc32)s1. The number of anilines is 1. The smallest absolute Gasteiger partial charge is 0.409 e. The van der Waals surface area contributed by atoms with Gasteiger partial charge >= 0.3 is 6.18 Å². The van der Waals surface area contributed by atoms with Crippen LogP contribution in [0.25, 0.3) is 11.1 Å². The molecule has 5 nitrogen and oxygen atoms in total. The molecule has 0 saturated heterocycles. The molecule has 2 heterocycles. The fraction of sp³-hybridized carbons (Fsp3) is 0.150. The van der Waals surface area contributed by atoms with Crippen molar-refractivity contribution in [3.8, 4) is 11.1 Å². The van der Waals surface area contributed by atoms with Gasteiger partial charge in [0.15, 0.2) is 16.8 Å². The first kappa shape index (κ1) is 20.4. The minimum absolute atomic E-state index is 0.0359. The highest BCUT2D eigenvalue weighted by molar-refractivity contribution is 7.88. The Hall–Kier alpha value is -2.85. The van der Waals surface area contributed by atoms with Gasteiger partial charge in [0.05, 0.1) is 16.1 Å². The summed E-state index contributed by atoms with van der Waals surface area (Å²) in [5.74, 6) is -0.0359. The van der Waals surface area contributed by atoms with Gasteiger partial charge in [0.25, 0.3) is 0 Å². The van der Waals surface area contributed by atoms with Crippen LogP contribution in [0.3, 0.4) is 0 Å². The van der Waals surface area contributed by atoms with Crippen molar-refractivity contribution >= 4 is 33.8 Å². The van der Waals surface area contributed by atoms with Gasteiger partial charge < -0.3 is 10.9 Å². The molecule has 1 aliphatic rings. The number of nitrogens with two attached hydrogens (primary N) is 1. The summed E-state index contributed by atoms with van der Waals surface area (Å²) in [6.45, 7) is 0.551. The van der Waals surface area contributed by atoms with Gasteiger partial charge in [0.1, 0.15) is 4.21 Å². The number of amidine groups is 1. The van der Waals surface area contributed by atoms with E-state index in [9.17, 15) is 17.4 Å². The Morgan fingerprint density at radius 1 is 1.10 bits per heavy atom. The number of fused-ring (bicyclic) bond motifs is 1. The molecular formula is C20H16F3N3O2S2. The third kappa shape index (κ3) is 3.80. The van der Waals surface area contributed by atoms with Crippen molar-refractivity contribution in [1.82, 2.24) is 0 Å². The van der Waals surface area contributed by atoms with Crippen molar-refractivity contribution in [3.63, 3.8) is 0 Å². The Balaban J connectivity index is 1.58. The van der Waals surface area contributed by atoms with Crippen LogP contribution in [0.15, 0.2) is 64.0 Å². The molecule has 0 spiro atoms. The van der Waals surface area contributed by atoms with Gasteiger partial charge in [-0.3, -0.25) is 4.31 Å². The standard InChI is InChI=1S/C20H16F3N3O2S2/c21-20(22,23)15-4-1-12(2-5-15)13-3-6-16-14(11-13)9-10-26(16)30(28)18-8-7-17(29-18)19(24)25-27/h1-8,11,27H,9-10H2,(H2,24,25). The maximum atomic E-state index is 13.0. The van der Waals surface area contributed by atoms with Crippen LogP contribution in [0.4, 0.5) is 18.9 Å². The molecular weight excluding hydrogens is 435 g/mol. The molecule has 156 valence electrons. The van der Waals surface area contributed by atoms with E-state index in [2.05, 4.69) is 5.16 Å². The van der Waals surface area contributed by atoms with Gasteiger partial charge in [-0.2, -0.15) is 13.2 Å². The van der Waals surface area contributed by atoms with E-state index < -0.39 is 22.7 Å². The molecule has 2 aromatic carbocycles. The fourth-order valence-electron chi connectivity index (χ4n) is 3.28. The van der Waals surface area contributed by atoms with Gasteiger partial charge in [-0.15, -0.1) is 11.3 Å². The van der Waals surface area contributed by atoms with Crippen LogP contribution in [-0.4, -0.2) is 21.8 Å². The average molecular weight is 451 g/mol. The van der Waals surface area contributed by atoms with E-state index in [0.29, 0.717) is 27.6 Å². The molecule has 0 radical (unpaired) electrons. The molecule has 0 amide bonds. The molecule has 0 bridgehead atoms. The Labute approximate surface area is 176 Å². The van der Waals surface area contributed by atoms with Crippen LogP contribution in [0.1, 0.15) is 16.0 Å². The summed E-state index contributed by atoms with van der Waals surface area (Å²) in [6.07, 6.45) is -3.69. The zero-order valence-corrected chi connectivity index (χ0v) is 17.0. The number of alkyl halides is 3. The van der Waals surface area contributed by atoms with Crippen LogP contribution >= 0.6 is 11.3 Å². The van der Waals surface area contributed by atoms with E-state index in [1.165, 1.54) is 23.5 Å². The average Bonchev–Trinajstić information content (AvgIpc) is 3.39. The third-order valence-electron chi connectivity index (χ3n) is 4.79. The second-order valence-corrected chi connectivity index (χ2v) is 9.34. The second kappa shape index (κ2) is 7.77. The fourth-order valence-corrected chi connectivity index (χ4v) is 5.76. The van der Waals surface area contributed by atoms with E-state index >= 15 is 0 Å². The summed E-state index contributed by atoms with van der Waals surface area (Å²) in [6, 6.07) is 14.0. The van der Waals surface area contributed by atoms with E-state index in [1.54, 1.807) is 16.4 Å². The number of rotatable bonds is 4. The van der Waals surface area contributed by atoms with Gasteiger partial charge in [0, 0.05) is 6.54 Å². The number of oxime groups is 1. The van der Waals surface area contributed by atoms with Gasteiger partial charge in [0.2, 0.25) is 0 Å². The lowest BCUT2D eigenvalue weighted by atomic mass is 10.0. The highest BCUT2D eigenvalue weighted by atomic mass is 32.2. The van der Waals surface area contributed by atoms with Crippen LogP contribution in [0.5, 0.6) is 0 Å². The monoisotopic (exact) mass is 451 g/mol. The van der Waals surface area contributed by atoms with Crippen molar-refractivity contribution < 1.29 is 22.6 Å². The Bertz CT molecular complexity index is 1140. The Kier molecular flexibility index (Phi) is 5.29. The molecule has 1 atom stereocenters. The van der Waals surface area contributed by atoms with Gasteiger partial charge in [-0.05, 0) is 59.5 Å². The summed E-state index contributed by atoms with van der Waals surface area (Å²) in [5.41, 5.74) is 8.19. The summed E-state index contributed by atoms with van der Waals surface area (Å²) in [7, 11) is -1.45. The van der Waals surface area contributed by atoms with Gasteiger partial charge in [-0.25, -0.2) is 4.21 Å². The lowest BCUT2D eigenvalue weighted by Gasteiger charge is -2.17. The number of benzene rings is 2. The first-order chi connectivity index (χ1) is 14.3. The number of thiophene rings is 1. The van der Waals surface area contributed by atoms with Gasteiger partial charge in [-0.1, -0.05) is 23.4 Å². The lowest BCUT2D eigenvalue weighted by Crippen LogP contribution is -2.22. The second-order valence-electron chi connectivity index (χ2n) is 6.62. The number of hydrogen-bond acceptors (Lipinski definition) is 4. The van der Waals surface area contributed by atoms with Crippen molar-refractivity contribution in [2.24, 2.45) is 10.9 Å². The van der Waals surface area contributed by atoms with E-state index in [-0.39, 0.29) is 5.84 Å². The van der Waals surface area contributed by atoms with E-state index in [4.69, 9.17) is 10.9 Å². The molecule has 0 aliphatic carbocycles. The maximum Gasteiger partial charge on any atom is 0.416 e. The van der Waals surface area contributed by atoms with Crippen molar-refractivity contribution in [2.45, 2.75) is 16.8 Å². The summed E-state index contributed by atoms with van der Waals surface area (Å²) >= 11 is 1.19. The van der Waals surface area contributed by atoms with Crippen LogP contribution in [0, 0.1) is 0 Å². The molecule has 1 aromatic heterocycles. The van der Waals surface area contributed by atoms with Crippen LogP contribution in [-0.2, 0) is 23.6 Å². The number of halogens is 3. The zero-order valence-electron chi connectivity index (χ0n) is 15.4. The van der Waals surface area contributed by atoms with Crippen LogP contribution < -0.4 is 10.0 Å². The normalized spacial score (nSPS) is 15.3. The first-order valence-electron chi connectivity index (χ1n) is 8.85. The molecule has 30 heavy (non-hydrogen) atoms. The minimum atomic E-state index is -4.36. The highest BCUT2D eigenvalue weighted by Crippen LogP contribution is 2.36. The summed E-state index contributed by atoms with van der Waals surface area (Å²) in [5, 5.41) is 11.7. The molecule has 0 saturated carbocycles. The number of nitrogens with zero attached hydrogens (tertiary/aromatic N) is 2. The van der Waals surface area contributed by atoms with E-state index in [0.717, 1.165) is 28.9 Å². The quantitative estimate of drug-likeness (QED) is 0.263. The van der Waals surface area contributed by atoms with Crippen molar-refractivity contribution in [2.75, 3.05) is 10.8 Å². The molecule has 3 N–H and O–H groups in total. The zero-order chi connectivity index (χ0) is 21.5. The Morgan fingerprint density at radius 3 is 2.47 bits per heavy atom. The highest BCUT2D eigenvalue weighted by Gasteiger charge is 2.30. The molecule has 1 unspecified atom stereocenters. The topological polar surface area (TPSA) is 78.9 Å². The van der Waals surface area contributed by atoms with Crippen molar-refractivity contribution in [1.29, 1.82) is 0 Å². The molecule has 3 aromatic rings. The Morgan fingerprint density at radius 2 is 1.80 bits per heavy atom. The molecule has 0 fully saturated rings. The summed E-state index contributed by atoms with van der Waals surface area (Å²) in [4.78, 5) is 0.526. The van der Waals surface area contributed by atoms with Crippen molar-refractivity contribution in [3.05, 3.63) is 70.6 Å². The van der Waals surface area contributed by atoms with Crippen LogP contribution in [0.2, 0.25) is 0 Å². The predicted octanol–water partition coefficient (Wildman–Crippen LogP) is 4.61. The molecule has 10 heteroatoms. The maximum absolute atomic E-state index is 13.0. The largest absolute Gasteiger partial charge is 0.416 e. The third-order valence-corrected chi connectivity index (χ3v) is 7.63. The summed E-state index contributed by atoms with van der Waals surface area (Å²) < 4.78 is 53.7.